The smallest absolute Gasteiger partial charge is 0.315 e. The third kappa shape index (κ3) is 5.10. The van der Waals surface area contributed by atoms with Crippen molar-refractivity contribution in [1.82, 2.24) is 5.32 Å². The molecule has 0 spiro atoms. The maximum atomic E-state index is 10.2. The van der Waals surface area contributed by atoms with Gasteiger partial charge in [-0.1, -0.05) is 0 Å². The van der Waals surface area contributed by atoms with Crippen LogP contribution in [0.4, 0.5) is 4.79 Å². The molecule has 0 aromatic rings. The maximum absolute atomic E-state index is 10.2. The van der Waals surface area contributed by atoms with Crippen molar-refractivity contribution in [2.24, 2.45) is 0 Å². The number of amides is 1. The van der Waals surface area contributed by atoms with Crippen LogP contribution in [0, 0.1) is 0 Å². The summed E-state index contributed by atoms with van der Waals surface area (Å²) in [6.45, 7) is 5.35. The van der Waals surface area contributed by atoms with Gasteiger partial charge in [-0.3, -0.25) is 4.89 Å². The van der Waals surface area contributed by atoms with Gasteiger partial charge in [0.15, 0.2) is 0 Å². The molecule has 0 aromatic heterocycles. The second-order valence-electron chi connectivity index (χ2n) is 2.75. The molecule has 0 saturated carbocycles. The molecule has 0 radical (unpaired) electrons. The van der Waals surface area contributed by atoms with Gasteiger partial charge in [-0.25, -0.2) is 4.79 Å². The van der Waals surface area contributed by atoms with Crippen LogP contribution in [0.2, 0.25) is 0 Å². The van der Waals surface area contributed by atoms with Gasteiger partial charge in [-0.15, -0.1) is 0 Å². The van der Waals surface area contributed by atoms with Crippen molar-refractivity contribution in [2.45, 2.75) is 26.3 Å². The van der Waals surface area contributed by atoms with Crippen LogP contribution < -0.4 is 5.32 Å². The molecule has 0 heterocycles. The van der Waals surface area contributed by atoms with Crippen LogP contribution in [0.5, 0.6) is 0 Å². The molecule has 0 aromatic carbocycles. The van der Waals surface area contributed by atoms with Crippen molar-refractivity contribution in [3.8, 4) is 0 Å². The van der Waals surface area contributed by atoms with E-state index in [9.17, 15) is 4.79 Å². The number of nitrogens with one attached hydrogen (secondary N) is 1. The molecule has 1 amide bonds. The predicted octanol–water partition coefficient (Wildman–Crippen LogP) is 0.984. The second kappa shape index (κ2) is 2.68. The third-order valence-electron chi connectivity index (χ3n) is 0.560. The van der Waals surface area contributed by atoms with Crippen LogP contribution >= 0.6 is 0 Å². The van der Waals surface area contributed by atoms with Crippen LogP contribution in [0.25, 0.3) is 0 Å². The average Bonchev–Trinajstić information content (AvgIpc) is 1.62. The summed E-state index contributed by atoms with van der Waals surface area (Å²) >= 11 is 0. The molecule has 0 fully saturated rings. The van der Waals surface area contributed by atoms with Crippen molar-refractivity contribution < 1.29 is 14.9 Å². The van der Waals surface area contributed by atoms with Crippen molar-refractivity contribution in [3.05, 3.63) is 0 Å². The molecule has 54 valence electrons. The zero-order valence-electron chi connectivity index (χ0n) is 5.76. The molecule has 0 rings (SSSR count). The van der Waals surface area contributed by atoms with E-state index in [2.05, 4.69) is 10.2 Å². The first-order valence-electron chi connectivity index (χ1n) is 2.59. The lowest BCUT2D eigenvalue weighted by molar-refractivity contribution is -0.179. The van der Waals surface area contributed by atoms with E-state index in [4.69, 9.17) is 5.26 Å². The Morgan fingerprint density at radius 3 is 2.11 bits per heavy atom. The number of hydrogen-bond donors (Lipinski definition) is 2. The highest BCUT2D eigenvalue weighted by molar-refractivity contribution is 5.67. The van der Waals surface area contributed by atoms with E-state index in [-0.39, 0.29) is 5.54 Å². The Labute approximate surface area is 53.7 Å². The first kappa shape index (κ1) is 8.23. The van der Waals surface area contributed by atoms with Crippen LogP contribution in [0.3, 0.4) is 0 Å². The molecule has 0 aliphatic carbocycles. The quantitative estimate of drug-likeness (QED) is 0.382. The fourth-order valence-corrected chi connectivity index (χ4v) is 0.329. The van der Waals surface area contributed by atoms with Crippen LogP contribution in [-0.4, -0.2) is 16.9 Å². The highest BCUT2D eigenvalue weighted by Gasteiger charge is 2.13. The van der Waals surface area contributed by atoms with Crippen molar-refractivity contribution in [1.29, 1.82) is 0 Å². The molecular weight excluding hydrogens is 122 g/mol. The standard InChI is InChI=1S/C5H11NO3/c1-5(2,3)6-4(7)9-8/h8H,1-3H3,(H,6,7). The van der Waals surface area contributed by atoms with Crippen LogP contribution in [0.1, 0.15) is 20.8 Å². The van der Waals surface area contributed by atoms with Gasteiger partial charge in [-0.05, 0) is 20.8 Å². The topological polar surface area (TPSA) is 58.6 Å². The van der Waals surface area contributed by atoms with Gasteiger partial charge in [0.1, 0.15) is 0 Å². The van der Waals surface area contributed by atoms with Crippen LogP contribution in [-0.2, 0) is 4.89 Å². The van der Waals surface area contributed by atoms with Gasteiger partial charge in [0.2, 0.25) is 0 Å². The van der Waals surface area contributed by atoms with E-state index in [1.165, 1.54) is 0 Å². The Hall–Kier alpha value is -0.770. The highest BCUT2D eigenvalue weighted by Crippen LogP contribution is 1.97. The molecular formula is C5H11NO3. The van der Waals surface area contributed by atoms with Gasteiger partial charge >= 0.3 is 6.09 Å². The normalized spacial score (nSPS) is 10.7. The molecule has 0 aliphatic heterocycles. The summed E-state index contributed by atoms with van der Waals surface area (Å²) in [5.41, 5.74) is -0.361. The fourth-order valence-electron chi connectivity index (χ4n) is 0.329. The molecule has 4 nitrogen and oxygen atoms in total. The summed E-state index contributed by atoms with van der Waals surface area (Å²) in [5.74, 6) is 0. The van der Waals surface area contributed by atoms with Gasteiger partial charge in [-0.2, -0.15) is 5.26 Å². The largest absolute Gasteiger partial charge is 0.438 e. The zero-order chi connectivity index (χ0) is 7.49. The second-order valence-corrected chi connectivity index (χ2v) is 2.75. The lowest BCUT2D eigenvalue weighted by atomic mass is 10.1. The van der Waals surface area contributed by atoms with E-state index < -0.39 is 6.09 Å². The molecule has 4 heteroatoms. The van der Waals surface area contributed by atoms with E-state index >= 15 is 0 Å². The minimum atomic E-state index is -0.831. The fraction of sp³-hybridized carbons (Fsp3) is 0.800. The Balaban J connectivity index is 3.60. The summed E-state index contributed by atoms with van der Waals surface area (Å²) < 4.78 is 0. The van der Waals surface area contributed by atoms with Gasteiger partial charge in [0.25, 0.3) is 0 Å². The third-order valence-corrected chi connectivity index (χ3v) is 0.560. The summed E-state index contributed by atoms with van der Waals surface area (Å²) in [7, 11) is 0. The summed E-state index contributed by atoms with van der Waals surface area (Å²) in [4.78, 5) is 13.6. The Kier molecular flexibility index (Phi) is 2.45. The molecule has 0 saturated heterocycles. The van der Waals surface area contributed by atoms with E-state index in [1.807, 2.05) is 0 Å². The molecule has 9 heavy (non-hydrogen) atoms. The highest BCUT2D eigenvalue weighted by atomic mass is 17.1. The summed E-state index contributed by atoms with van der Waals surface area (Å²) in [6, 6.07) is 0. The molecule has 0 atom stereocenters. The minimum absolute atomic E-state index is 0.361. The maximum Gasteiger partial charge on any atom is 0.438 e. The Morgan fingerprint density at radius 1 is 1.56 bits per heavy atom. The van der Waals surface area contributed by atoms with E-state index in [1.54, 1.807) is 20.8 Å². The molecule has 0 aliphatic rings. The van der Waals surface area contributed by atoms with Crippen molar-refractivity contribution in [3.63, 3.8) is 0 Å². The SMILES string of the molecule is CC(C)(C)NC(=O)OO. The monoisotopic (exact) mass is 133 g/mol. The zero-order valence-corrected chi connectivity index (χ0v) is 5.76. The molecule has 0 unspecified atom stereocenters. The van der Waals surface area contributed by atoms with Crippen molar-refractivity contribution in [2.75, 3.05) is 0 Å². The minimum Gasteiger partial charge on any atom is -0.315 e. The summed E-state index contributed by atoms with van der Waals surface area (Å²) in [5, 5.41) is 10.1. The summed E-state index contributed by atoms with van der Waals surface area (Å²) in [6.07, 6.45) is -0.831. The first-order chi connectivity index (χ1) is 3.95. The predicted molar refractivity (Wildman–Crippen MR) is 32.0 cm³/mol. The average molecular weight is 133 g/mol. The number of hydrogen-bond acceptors (Lipinski definition) is 3. The Morgan fingerprint density at radius 2 is 2.00 bits per heavy atom. The number of carbonyl (C=O) groups is 1. The lowest BCUT2D eigenvalue weighted by Crippen LogP contribution is -2.40. The number of rotatable bonds is 0. The molecule has 0 bridgehead atoms. The lowest BCUT2D eigenvalue weighted by Gasteiger charge is -2.17. The van der Waals surface area contributed by atoms with E-state index in [0.717, 1.165) is 0 Å². The van der Waals surface area contributed by atoms with Gasteiger partial charge in [0.05, 0.1) is 0 Å². The van der Waals surface area contributed by atoms with E-state index in [0.29, 0.717) is 0 Å². The van der Waals surface area contributed by atoms with Gasteiger partial charge in [0, 0.05) is 5.54 Å². The van der Waals surface area contributed by atoms with Crippen LogP contribution in [0.15, 0.2) is 0 Å². The Bertz CT molecular complexity index is 105. The van der Waals surface area contributed by atoms with Gasteiger partial charge < -0.3 is 5.32 Å². The van der Waals surface area contributed by atoms with Crippen molar-refractivity contribution >= 4 is 6.09 Å². The molecule has 2 N–H and O–H groups in total. The number of carbonyl (C=O) groups excluding carboxylic acids is 1. The first-order valence-corrected chi connectivity index (χ1v) is 2.59.